The first-order chi connectivity index (χ1) is 15.5. The first kappa shape index (κ1) is 22.8. The molecule has 0 aromatic heterocycles. The van der Waals surface area contributed by atoms with Crippen molar-refractivity contribution in [3.63, 3.8) is 0 Å². The van der Waals surface area contributed by atoms with Crippen LogP contribution in [0.2, 0.25) is 0 Å². The Labute approximate surface area is 194 Å². The van der Waals surface area contributed by atoms with Crippen molar-refractivity contribution >= 4 is 29.1 Å². The van der Waals surface area contributed by atoms with Crippen LogP contribution in [0.25, 0.3) is 5.57 Å². The number of thioether (sulfide) groups is 1. The molecule has 2 heterocycles. The van der Waals surface area contributed by atoms with Gasteiger partial charge in [0.05, 0.1) is 23.7 Å². The third-order valence-corrected chi connectivity index (χ3v) is 7.11. The molecule has 0 radical (unpaired) electrons. The molecule has 4 rings (SSSR count). The monoisotopic (exact) mass is 450 g/mol. The van der Waals surface area contributed by atoms with Gasteiger partial charge in [-0.3, -0.25) is 19.4 Å². The lowest BCUT2D eigenvalue weighted by atomic mass is 9.99. The predicted octanol–water partition coefficient (Wildman–Crippen LogP) is 4.04. The van der Waals surface area contributed by atoms with E-state index >= 15 is 0 Å². The summed E-state index contributed by atoms with van der Waals surface area (Å²) in [5, 5.41) is 0. The fourth-order valence-corrected chi connectivity index (χ4v) is 5.31. The minimum atomic E-state index is -0.167. The number of imide groups is 1. The van der Waals surface area contributed by atoms with Gasteiger partial charge in [0, 0.05) is 31.9 Å². The number of hydrogen-bond acceptors (Lipinski definition) is 5. The van der Waals surface area contributed by atoms with E-state index < -0.39 is 0 Å². The summed E-state index contributed by atoms with van der Waals surface area (Å²) in [6.45, 7) is 8.67. The van der Waals surface area contributed by atoms with E-state index in [1.807, 2.05) is 56.3 Å². The zero-order valence-corrected chi connectivity index (χ0v) is 19.6. The highest BCUT2D eigenvalue weighted by Gasteiger charge is 2.39. The number of ether oxygens (including phenoxy) is 1. The molecule has 0 aliphatic carbocycles. The van der Waals surface area contributed by atoms with Crippen molar-refractivity contribution in [2.24, 2.45) is 0 Å². The van der Waals surface area contributed by atoms with Crippen LogP contribution in [-0.2, 0) is 20.1 Å². The van der Waals surface area contributed by atoms with Gasteiger partial charge in [0.1, 0.15) is 0 Å². The fraction of sp³-hybridized carbons (Fsp3) is 0.385. The molecule has 0 spiro atoms. The Kier molecular flexibility index (Phi) is 7.45. The average Bonchev–Trinajstić information content (AvgIpc) is 3.03. The third-order valence-electron chi connectivity index (χ3n) is 5.96. The number of benzene rings is 2. The van der Waals surface area contributed by atoms with Crippen LogP contribution in [0, 0.1) is 13.8 Å². The highest BCUT2D eigenvalue weighted by molar-refractivity contribution is 8.03. The molecule has 0 bridgehead atoms. The molecule has 5 nitrogen and oxygen atoms in total. The van der Waals surface area contributed by atoms with Crippen molar-refractivity contribution in [2.75, 3.05) is 39.4 Å². The molecule has 2 aromatic carbocycles. The van der Waals surface area contributed by atoms with Crippen LogP contribution < -0.4 is 0 Å². The molecule has 0 saturated carbocycles. The Morgan fingerprint density at radius 1 is 0.938 bits per heavy atom. The SMILES string of the molecule is Cc1ccc(C2=C(SCc3ccccc3)C(=O)N(CCCN3CCOCC3)C2=O)c(C)c1. The van der Waals surface area contributed by atoms with Crippen LogP contribution in [-0.4, -0.2) is 61.0 Å². The Hall–Kier alpha value is -2.41. The molecule has 168 valence electrons. The van der Waals surface area contributed by atoms with Gasteiger partial charge in [0.2, 0.25) is 0 Å². The Morgan fingerprint density at radius 2 is 1.69 bits per heavy atom. The van der Waals surface area contributed by atoms with E-state index in [1.54, 1.807) is 0 Å². The minimum Gasteiger partial charge on any atom is -0.379 e. The summed E-state index contributed by atoms with van der Waals surface area (Å²) in [5.41, 5.74) is 4.72. The van der Waals surface area contributed by atoms with Crippen molar-refractivity contribution in [2.45, 2.75) is 26.0 Å². The topological polar surface area (TPSA) is 49.9 Å². The van der Waals surface area contributed by atoms with Gasteiger partial charge in [-0.15, -0.1) is 11.8 Å². The number of morpholine rings is 1. The van der Waals surface area contributed by atoms with Crippen molar-refractivity contribution in [3.8, 4) is 0 Å². The minimum absolute atomic E-state index is 0.159. The molecular weight excluding hydrogens is 420 g/mol. The highest BCUT2D eigenvalue weighted by atomic mass is 32.2. The maximum Gasteiger partial charge on any atom is 0.267 e. The van der Waals surface area contributed by atoms with Gasteiger partial charge in [0.15, 0.2) is 0 Å². The molecule has 32 heavy (non-hydrogen) atoms. The number of rotatable bonds is 8. The van der Waals surface area contributed by atoms with E-state index in [0.717, 1.165) is 61.5 Å². The Morgan fingerprint density at radius 3 is 2.41 bits per heavy atom. The summed E-state index contributed by atoms with van der Waals surface area (Å²) in [4.78, 5) is 31.2. The number of carbonyl (C=O) groups is 2. The molecule has 2 aliphatic rings. The summed E-state index contributed by atoms with van der Waals surface area (Å²) >= 11 is 1.47. The van der Waals surface area contributed by atoms with Crippen LogP contribution in [0.1, 0.15) is 28.7 Å². The first-order valence-electron chi connectivity index (χ1n) is 11.2. The molecule has 1 saturated heterocycles. The standard InChI is InChI=1S/C26H30N2O3S/c1-19-9-10-22(20(2)17-19)23-24(32-18-21-7-4-3-5-8-21)26(30)28(25(23)29)12-6-11-27-13-15-31-16-14-27/h3-5,7-10,17H,6,11-16,18H2,1-2H3. The predicted molar refractivity (Wildman–Crippen MR) is 129 cm³/mol. The van der Waals surface area contributed by atoms with Gasteiger partial charge in [0.25, 0.3) is 11.8 Å². The van der Waals surface area contributed by atoms with Crippen molar-refractivity contribution < 1.29 is 14.3 Å². The maximum absolute atomic E-state index is 13.5. The molecular formula is C26H30N2O3S. The second kappa shape index (κ2) is 10.5. The summed E-state index contributed by atoms with van der Waals surface area (Å²) in [5.74, 6) is 0.331. The number of nitrogens with zero attached hydrogens (tertiary/aromatic N) is 2. The quantitative estimate of drug-likeness (QED) is 0.568. The lowest BCUT2D eigenvalue weighted by Crippen LogP contribution is -2.39. The fourth-order valence-electron chi connectivity index (χ4n) is 4.23. The Balaban J connectivity index is 1.54. The molecule has 2 amide bonds. The molecule has 6 heteroatoms. The van der Waals surface area contributed by atoms with Crippen molar-refractivity contribution in [1.82, 2.24) is 9.80 Å². The Bertz CT molecular complexity index is 1010. The smallest absolute Gasteiger partial charge is 0.267 e. The van der Waals surface area contributed by atoms with Gasteiger partial charge < -0.3 is 4.74 Å². The van der Waals surface area contributed by atoms with Crippen molar-refractivity contribution in [3.05, 3.63) is 75.7 Å². The second-order valence-corrected chi connectivity index (χ2v) is 9.35. The van der Waals surface area contributed by atoms with E-state index in [9.17, 15) is 9.59 Å². The van der Waals surface area contributed by atoms with Gasteiger partial charge in [-0.2, -0.15) is 0 Å². The normalized spacial score (nSPS) is 17.5. The van der Waals surface area contributed by atoms with E-state index in [1.165, 1.54) is 16.7 Å². The van der Waals surface area contributed by atoms with Crippen LogP contribution in [0.5, 0.6) is 0 Å². The molecule has 0 N–H and O–H groups in total. The van der Waals surface area contributed by atoms with Crippen LogP contribution in [0.4, 0.5) is 0 Å². The van der Waals surface area contributed by atoms with E-state index in [2.05, 4.69) is 11.0 Å². The van der Waals surface area contributed by atoms with Crippen molar-refractivity contribution in [1.29, 1.82) is 0 Å². The lowest BCUT2D eigenvalue weighted by Gasteiger charge is -2.27. The number of amides is 2. The molecule has 0 unspecified atom stereocenters. The van der Waals surface area contributed by atoms with E-state index in [-0.39, 0.29) is 11.8 Å². The van der Waals surface area contributed by atoms with Crippen LogP contribution in [0.15, 0.2) is 53.4 Å². The van der Waals surface area contributed by atoms with E-state index in [4.69, 9.17) is 4.74 Å². The number of carbonyl (C=O) groups excluding carboxylic acids is 2. The second-order valence-electron chi connectivity index (χ2n) is 8.37. The summed E-state index contributed by atoms with van der Waals surface area (Å²) in [6, 6.07) is 16.1. The molecule has 1 fully saturated rings. The average molecular weight is 451 g/mol. The van der Waals surface area contributed by atoms with Gasteiger partial charge in [-0.25, -0.2) is 0 Å². The number of hydrogen-bond donors (Lipinski definition) is 0. The van der Waals surface area contributed by atoms with Gasteiger partial charge in [-0.05, 0) is 37.0 Å². The first-order valence-corrected chi connectivity index (χ1v) is 12.2. The van der Waals surface area contributed by atoms with Gasteiger partial charge >= 0.3 is 0 Å². The van der Waals surface area contributed by atoms with Crippen LogP contribution >= 0.6 is 11.8 Å². The van der Waals surface area contributed by atoms with Crippen LogP contribution in [0.3, 0.4) is 0 Å². The maximum atomic E-state index is 13.5. The molecule has 2 aliphatic heterocycles. The molecule has 2 aromatic rings. The third kappa shape index (κ3) is 5.14. The van der Waals surface area contributed by atoms with E-state index in [0.29, 0.717) is 22.8 Å². The zero-order chi connectivity index (χ0) is 22.5. The highest BCUT2D eigenvalue weighted by Crippen LogP contribution is 2.38. The zero-order valence-electron chi connectivity index (χ0n) is 18.8. The largest absolute Gasteiger partial charge is 0.379 e. The summed E-state index contributed by atoms with van der Waals surface area (Å²) < 4.78 is 5.40. The van der Waals surface area contributed by atoms with Gasteiger partial charge in [-0.1, -0.05) is 54.1 Å². The lowest BCUT2D eigenvalue weighted by molar-refractivity contribution is -0.136. The number of aryl methyl sites for hydroxylation is 2. The summed E-state index contributed by atoms with van der Waals surface area (Å²) in [7, 11) is 0. The molecule has 0 atom stereocenters. The summed E-state index contributed by atoms with van der Waals surface area (Å²) in [6.07, 6.45) is 0.772.